The fourth-order valence-electron chi connectivity index (χ4n) is 4.63. The summed E-state index contributed by atoms with van der Waals surface area (Å²) in [5.41, 5.74) is -0.838. The minimum atomic E-state index is -0.838. The molecular weight excluding hydrogens is 334 g/mol. The predicted molar refractivity (Wildman–Crippen MR) is 96.6 cm³/mol. The zero-order chi connectivity index (χ0) is 18.9. The van der Waals surface area contributed by atoms with Gasteiger partial charge in [0.2, 0.25) is 5.91 Å². The van der Waals surface area contributed by atoms with Crippen LogP contribution in [0.25, 0.3) is 0 Å². The van der Waals surface area contributed by atoms with Crippen molar-refractivity contribution < 1.29 is 19.5 Å². The molecule has 7 nitrogen and oxygen atoms in total. The lowest BCUT2D eigenvalue weighted by Crippen LogP contribution is -2.50. The summed E-state index contributed by atoms with van der Waals surface area (Å²) in [5, 5.41) is 9.68. The van der Waals surface area contributed by atoms with Crippen molar-refractivity contribution in [3.05, 3.63) is 0 Å². The first kappa shape index (κ1) is 19.0. The molecule has 146 valence electrons. The van der Waals surface area contributed by atoms with Crippen LogP contribution < -0.4 is 0 Å². The third-order valence-electron chi connectivity index (χ3n) is 6.56. The number of hydrogen-bond acceptors (Lipinski definition) is 3. The van der Waals surface area contributed by atoms with E-state index in [9.17, 15) is 19.5 Å². The Kier molecular flexibility index (Phi) is 5.44. The molecule has 3 rings (SSSR count). The number of carboxylic acid groups (broad SMARTS) is 1. The predicted octanol–water partition coefficient (Wildman–Crippen LogP) is 1.87. The van der Waals surface area contributed by atoms with Crippen LogP contribution in [0.3, 0.4) is 0 Å². The number of urea groups is 1. The Balaban J connectivity index is 1.63. The Labute approximate surface area is 155 Å². The molecule has 0 radical (unpaired) electrons. The highest BCUT2D eigenvalue weighted by atomic mass is 16.4. The van der Waals surface area contributed by atoms with Crippen molar-refractivity contribution >= 4 is 17.9 Å². The monoisotopic (exact) mass is 365 g/mol. The lowest BCUT2D eigenvalue weighted by molar-refractivity contribution is -0.151. The second-order valence-corrected chi connectivity index (χ2v) is 8.39. The Morgan fingerprint density at radius 2 is 1.62 bits per heavy atom. The summed E-state index contributed by atoms with van der Waals surface area (Å²) in [4.78, 5) is 42.9. The van der Waals surface area contributed by atoms with Gasteiger partial charge in [0, 0.05) is 39.3 Å². The van der Waals surface area contributed by atoms with Gasteiger partial charge in [-0.25, -0.2) is 4.79 Å². The zero-order valence-electron chi connectivity index (χ0n) is 15.9. The summed E-state index contributed by atoms with van der Waals surface area (Å²) in [6.45, 7) is 7.43. The van der Waals surface area contributed by atoms with Gasteiger partial charge in [-0.15, -0.1) is 0 Å². The number of carboxylic acids is 1. The van der Waals surface area contributed by atoms with E-state index in [0.29, 0.717) is 26.1 Å². The Morgan fingerprint density at radius 3 is 2.19 bits per heavy atom. The summed E-state index contributed by atoms with van der Waals surface area (Å²) in [6, 6.07) is 0.0588. The molecule has 3 aliphatic rings. The van der Waals surface area contributed by atoms with E-state index in [1.807, 2.05) is 23.6 Å². The van der Waals surface area contributed by atoms with E-state index in [1.165, 1.54) is 0 Å². The average molecular weight is 365 g/mol. The Morgan fingerprint density at radius 1 is 0.962 bits per heavy atom. The fraction of sp³-hybridized carbons (Fsp3) is 0.842. The maximum atomic E-state index is 13.0. The van der Waals surface area contributed by atoms with Gasteiger partial charge < -0.3 is 19.8 Å². The van der Waals surface area contributed by atoms with Gasteiger partial charge in [-0.1, -0.05) is 13.8 Å². The summed E-state index contributed by atoms with van der Waals surface area (Å²) in [7, 11) is 0. The number of carbonyl (C=O) groups excluding carboxylic acids is 2. The van der Waals surface area contributed by atoms with Crippen LogP contribution in [0.2, 0.25) is 0 Å². The molecule has 0 aromatic rings. The second-order valence-electron chi connectivity index (χ2n) is 8.39. The SMILES string of the molecule is CC(C)C1(C(=O)O)CCN(C(=O)C2CCCN(C(=O)N3CCCC3)C2)C1. The van der Waals surface area contributed by atoms with E-state index in [2.05, 4.69) is 0 Å². The lowest BCUT2D eigenvalue weighted by atomic mass is 9.76. The van der Waals surface area contributed by atoms with Crippen LogP contribution in [0, 0.1) is 17.3 Å². The molecule has 2 unspecified atom stereocenters. The van der Waals surface area contributed by atoms with Gasteiger partial charge in [-0.05, 0) is 38.0 Å². The quantitative estimate of drug-likeness (QED) is 0.828. The summed E-state index contributed by atoms with van der Waals surface area (Å²) >= 11 is 0. The first-order chi connectivity index (χ1) is 12.3. The zero-order valence-corrected chi connectivity index (χ0v) is 15.9. The molecule has 0 aromatic carbocycles. The smallest absolute Gasteiger partial charge is 0.320 e. The van der Waals surface area contributed by atoms with E-state index in [0.717, 1.165) is 38.8 Å². The normalized spacial score (nSPS) is 29.5. The van der Waals surface area contributed by atoms with Crippen molar-refractivity contribution in [2.75, 3.05) is 39.3 Å². The van der Waals surface area contributed by atoms with Crippen LogP contribution in [0.4, 0.5) is 4.79 Å². The van der Waals surface area contributed by atoms with E-state index in [1.54, 1.807) is 4.90 Å². The van der Waals surface area contributed by atoms with Gasteiger partial charge in [0.1, 0.15) is 0 Å². The van der Waals surface area contributed by atoms with Crippen molar-refractivity contribution in [3.8, 4) is 0 Å². The molecule has 7 heteroatoms. The molecule has 0 spiro atoms. The van der Waals surface area contributed by atoms with Crippen molar-refractivity contribution in [1.82, 2.24) is 14.7 Å². The van der Waals surface area contributed by atoms with E-state index in [-0.39, 0.29) is 30.3 Å². The molecule has 0 aromatic heterocycles. The first-order valence-electron chi connectivity index (χ1n) is 9.91. The van der Waals surface area contributed by atoms with Crippen LogP contribution >= 0.6 is 0 Å². The van der Waals surface area contributed by atoms with E-state index >= 15 is 0 Å². The number of nitrogens with zero attached hydrogens (tertiary/aromatic N) is 3. The second kappa shape index (κ2) is 7.45. The molecule has 26 heavy (non-hydrogen) atoms. The highest BCUT2D eigenvalue weighted by Gasteiger charge is 2.49. The van der Waals surface area contributed by atoms with Gasteiger partial charge in [0.25, 0.3) is 0 Å². The molecule has 3 saturated heterocycles. The summed E-state index contributed by atoms with van der Waals surface area (Å²) in [5.74, 6) is -1.01. The van der Waals surface area contributed by atoms with Gasteiger partial charge in [-0.2, -0.15) is 0 Å². The van der Waals surface area contributed by atoms with Crippen LogP contribution in [0.5, 0.6) is 0 Å². The fourth-order valence-corrected chi connectivity index (χ4v) is 4.63. The first-order valence-corrected chi connectivity index (χ1v) is 9.91. The molecule has 3 aliphatic heterocycles. The molecule has 2 atom stereocenters. The number of rotatable bonds is 3. The number of piperidine rings is 1. The van der Waals surface area contributed by atoms with Crippen molar-refractivity contribution in [3.63, 3.8) is 0 Å². The van der Waals surface area contributed by atoms with Crippen LogP contribution in [-0.4, -0.2) is 77.0 Å². The number of hydrogen-bond donors (Lipinski definition) is 1. The van der Waals surface area contributed by atoms with Gasteiger partial charge >= 0.3 is 12.0 Å². The van der Waals surface area contributed by atoms with Crippen molar-refractivity contribution in [2.45, 2.75) is 46.0 Å². The van der Waals surface area contributed by atoms with Gasteiger partial charge in [-0.3, -0.25) is 9.59 Å². The molecule has 0 aliphatic carbocycles. The third-order valence-corrected chi connectivity index (χ3v) is 6.56. The molecular formula is C19H31N3O4. The lowest BCUT2D eigenvalue weighted by Gasteiger charge is -2.36. The van der Waals surface area contributed by atoms with Crippen LogP contribution in [-0.2, 0) is 9.59 Å². The average Bonchev–Trinajstić information content (AvgIpc) is 3.31. The van der Waals surface area contributed by atoms with Crippen LogP contribution in [0.1, 0.15) is 46.0 Å². The largest absolute Gasteiger partial charge is 0.481 e. The number of aliphatic carboxylic acids is 1. The number of amides is 3. The van der Waals surface area contributed by atoms with E-state index < -0.39 is 11.4 Å². The van der Waals surface area contributed by atoms with Crippen molar-refractivity contribution in [1.29, 1.82) is 0 Å². The summed E-state index contributed by atoms with van der Waals surface area (Å²) < 4.78 is 0. The third kappa shape index (κ3) is 3.40. The minimum absolute atomic E-state index is 0.0163. The molecule has 3 heterocycles. The summed E-state index contributed by atoms with van der Waals surface area (Å²) in [6.07, 6.45) is 4.23. The minimum Gasteiger partial charge on any atom is -0.481 e. The standard InChI is InChI=1S/C19H31N3O4/c1-14(2)19(17(24)25)7-11-22(13-19)16(23)15-6-5-10-21(12-15)18(26)20-8-3-4-9-20/h14-15H,3-13H2,1-2H3,(H,24,25). The van der Waals surface area contributed by atoms with Gasteiger partial charge in [0.05, 0.1) is 11.3 Å². The highest BCUT2D eigenvalue weighted by molar-refractivity contribution is 5.83. The molecule has 3 amide bonds. The molecule has 3 fully saturated rings. The van der Waals surface area contributed by atoms with E-state index in [4.69, 9.17) is 0 Å². The van der Waals surface area contributed by atoms with Crippen LogP contribution in [0.15, 0.2) is 0 Å². The van der Waals surface area contributed by atoms with Gasteiger partial charge in [0.15, 0.2) is 0 Å². The Hall–Kier alpha value is -1.79. The molecule has 0 saturated carbocycles. The van der Waals surface area contributed by atoms with Crippen molar-refractivity contribution in [2.24, 2.45) is 17.3 Å². The molecule has 1 N–H and O–H groups in total. The maximum absolute atomic E-state index is 13.0. The Bertz CT molecular complexity index is 573. The topological polar surface area (TPSA) is 81.2 Å². The maximum Gasteiger partial charge on any atom is 0.320 e. The number of carbonyl (C=O) groups is 3. The molecule has 0 bridgehead atoms. The highest BCUT2D eigenvalue weighted by Crippen LogP contribution is 2.39. The number of likely N-dealkylation sites (tertiary alicyclic amines) is 3.